The Hall–Kier alpha value is -1.91. The van der Waals surface area contributed by atoms with Gasteiger partial charge in [-0.15, -0.1) is 4.91 Å². The highest BCUT2D eigenvalue weighted by molar-refractivity contribution is 5.94. The van der Waals surface area contributed by atoms with Gasteiger partial charge < -0.3 is 10.8 Å². The van der Waals surface area contributed by atoms with Crippen LogP contribution in [0.4, 0.5) is 11.4 Å². The highest BCUT2D eigenvalue weighted by Gasteiger charge is 2.07. The maximum Gasteiger partial charge on any atom is 0.337 e. The lowest BCUT2D eigenvalue weighted by Gasteiger charge is -1.98. The third kappa shape index (κ3) is 1.39. The number of carboxylic acid groups (broad SMARTS) is 1. The molecule has 0 fully saturated rings. The van der Waals surface area contributed by atoms with Crippen molar-refractivity contribution in [2.75, 3.05) is 5.73 Å². The van der Waals surface area contributed by atoms with Gasteiger partial charge in [-0.05, 0) is 23.4 Å². The number of hydrogen-bond donors (Lipinski definition) is 2. The molecule has 0 radical (unpaired) electrons. The SMILES string of the molecule is Nc1cc(N=O)ccc1C(=O)O. The molecule has 0 unspecified atom stereocenters. The highest BCUT2D eigenvalue weighted by Crippen LogP contribution is 2.19. The normalized spacial score (nSPS) is 9.33. The largest absolute Gasteiger partial charge is 0.478 e. The van der Waals surface area contributed by atoms with Crippen LogP contribution in [0.3, 0.4) is 0 Å². The van der Waals surface area contributed by atoms with Crippen LogP contribution in [0.1, 0.15) is 10.4 Å². The quantitative estimate of drug-likeness (QED) is 0.512. The molecule has 0 amide bonds. The first kappa shape index (κ1) is 8.19. The van der Waals surface area contributed by atoms with Crippen LogP contribution in [0.15, 0.2) is 23.4 Å². The van der Waals surface area contributed by atoms with E-state index in [-0.39, 0.29) is 16.9 Å². The molecule has 0 atom stereocenters. The molecule has 1 aromatic rings. The number of hydrogen-bond acceptors (Lipinski definition) is 4. The maximum atomic E-state index is 10.4. The minimum Gasteiger partial charge on any atom is -0.478 e. The van der Waals surface area contributed by atoms with Crippen LogP contribution in [0.2, 0.25) is 0 Å². The summed E-state index contributed by atoms with van der Waals surface area (Å²) >= 11 is 0. The number of carboxylic acids is 1. The molecule has 5 nitrogen and oxygen atoms in total. The van der Waals surface area contributed by atoms with Crippen LogP contribution in [0.25, 0.3) is 0 Å². The molecule has 1 aromatic carbocycles. The number of benzene rings is 1. The fourth-order valence-electron chi connectivity index (χ4n) is 0.802. The van der Waals surface area contributed by atoms with E-state index in [4.69, 9.17) is 10.8 Å². The summed E-state index contributed by atoms with van der Waals surface area (Å²) < 4.78 is 0. The van der Waals surface area contributed by atoms with Crippen LogP contribution in [-0.2, 0) is 0 Å². The third-order valence-electron chi connectivity index (χ3n) is 1.37. The summed E-state index contributed by atoms with van der Waals surface area (Å²) in [6.07, 6.45) is 0. The Kier molecular flexibility index (Phi) is 2.05. The van der Waals surface area contributed by atoms with E-state index < -0.39 is 5.97 Å². The summed E-state index contributed by atoms with van der Waals surface area (Å²) in [6.45, 7) is 0. The molecule has 62 valence electrons. The van der Waals surface area contributed by atoms with Crippen molar-refractivity contribution in [3.05, 3.63) is 28.7 Å². The Morgan fingerprint density at radius 3 is 2.58 bits per heavy atom. The first-order valence-corrected chi connectivity index (χ1v) is 3.11. The number of aromatic carboxylic acids is 1. The van der Waals surface area contributed by atoms with Crippen LogP contribution in [0.5, 0.6) is 0 Å². The van der Waals surface area contributed by atoms with E-state index in [1.807, 2.05) is 0 Å². The lowest BCUT2D eigenvalue weighted by molar-refractivity contribution is 0.0698. The smallest absolute Gasteiger partial charge is 0.337 e. The van der Waals surface area contributed by atoms with Gasteiger partial charge in [0.05, 0.1) is 5.56 Å². The van der Waals surface area contributed by atoms with E-state index >= 15 is 0 Å². The fraction of sp³-hybridized carbons (Fsp3) is 0. The average molecular weight is 166 g/mol. The van der Waals surface area contributed by atoms with Crippen molar-refractivity contribution in [3.8, 4) is 0 Å². The van der Waals surface area contributed by atoms with Gasteiger partial charge in [0.1, 0.15) is 5.69 Å². The number of anilines is 1. The molecule has 3 N–H and O–H groups in total. The minimum absolute atomic E-state index is 0.0256. The van der Waals surface area contributed by atoms with Gasteiger partial charge in [0.25, 0.3) is 0 Å². The molecule has 5 heteroatoms. The summed E-state index contributed by atoms with van der Waals surface area (Å²) in [5.41, 5.74) is 5.46. The molecule has 0 saturated carbocycles. The van der Waals surface area contributed by atoms with Crippen LogP contribution in [0, 0.1) is 4.91 Å². The van der Waals surface area contributed by atoms with Crippen molar-refractivity contribution >= 4 is 17.3 Å². The Balaban J connectivity index is 3.20. The summed E-state index contributed by atoms with van der Waals surface area (Å²) in [7, 11) is 0. The predicted octanol–water partition coefficient (Wildman–Crippen LogP) is 1.36. The monoisotopic (exact) mass is 166 g/mol. The van der Waals surface area contributed by atoms with Gasteiger partial charge in [0, 0.05) is 5.69 Å². The molecule has 0 spiro atoms. The Morgan fingerprint density at radius 2 is 2.17 bits per heavy atom. The van der Waals surface area contributed by atoms with E-state index in [0.717, 1.165) is 0 Å². The number of carbonyl (C=O) groups is 1. The second kappa shape index (κ2) is 3.00. The Bertz CT molecular complexity index is 335. The molecular weight excluding hydrogens is 160 g/mol. The van der Waals surface area contributed by atoms with Gasteiger partial charge in [0.2, 0.25) is 0 Å². The topological polar surface area (TPSA) is 92.8 Å². The predicted molar refractivity (Wildman–Crippen MR) is 43.3 cm³/mol. The molecule has 0 heterocycles. The molecular formula is C7H6N2O3. The fourth-order valence-corrected chi connectivity index (χ4v) is 0.802. The number of nitrogen functional groups attached to an aromatic ring is 1. The second-order valence-corrected chi connectivity index (χ2v) is 2.17. The van der Waals surface area contributed by atoms with E-state index in [0.29, 0.717) is 0 Å². The summed E-state index contributed by atoms with van der Waals surface area (Å²) in [5, 5.41) is 11.1. The lowest BCUT2D eigenvalue weighted by Crippen LogP contribution is -2.01. The maximum absolute atomic E-state index is 10.4. The van der Waals surface area contributed by atoms with Crippen LogP contribution >= 0.6 is 0 Å². The van der Waals surface area contributed by atoms with Gasteiger partial charge in [-0.25, -0.2) is 4.79 Å². The average Bonchev–Trinajstić information content (AvgIpc) is 2.03. The van der Waals surface area contributed by atoms with Crippen molar-refractivity contribution in [2.45, 2.75) is 0 Å². The molecule has 12 heavy (non-hydrogen) atoms. The number of nitroso groups, excluding NO2 is 1. The first-order valence-electron chi connectivity index (χ1n) is 3.11. The van der Waals surface area contributed by atoms with Crippen molar-refractivity contribution in [3.63, 3.8) is 0 Å². The Labute approximate surface area is 67.8 Å². The van der Waals surface area contributed by atoms with E-state index in [2.05, 4.69) is 5.18 Å². The Morgan fingerprint density at radius 1 is 1.50 bits per heavy atom. The molecule has 0 saturated heterocycles. The molecule has 1 rings (SSSR count). The summed E-state index contributed by atoms with van der Waals surface area (Å²) in [4.78, 5) is 20.4. The second-order valence-electron chi connectivity index (χ2n) is 2.17. The number of nitrogens with two attached hydrogens (primary N) is 1. The summed E-state index contributed by atoms with van der Waals surface area (Å²) in [6, 6.07) is 3.76. The van der Waals surface area contributed by atoms with Crippen molar-refractivity contribution in [1.29, 1.82) is 0 Å². The van der Waals surface area contributed by atoms with Gasteiger partial charge in [-0.3, -0.25) is 0 Å². The number of rotatable bonds is 2. The van der Waals surface area contributed by atoms with Crippen molar-refractivity contribution in [1.82, 2.24) is 0 Å². The molecule has 0 aromatic heterocycles. The van der Waals surface area contributed by atoms with Crippen LogP contribution in [-0.4, -0.2) is 11.1 Å². The van der Waals surface area contributed by atoms with Gasteiger partial charge >= 0.3 is 5.97 Å². The third-order valence-corrected chi connectivity index (χ3v) is 1.37. The highest BCUT2D eigenvalue weighted by atomic mass is 16.4. The van der Waals surface area contributed by atoms with E-state index in [1.54, 1.807) is 0 Å². The van der Waals surface area contributed by atoms with Crippen molar-refractivity contribution < 1.29 is 9.90 Å². The lowest BCUT2D eigenvalue weighted by atomic mass is 10.1. The molecule has 0 bridgehead atoms. The molecule has 0 aliphatic carbocycles. The van der Waals surface area contributed by atoms with E-state index in [1.165, 1.54) is 18.2 Å². The zero-order valence-electron chi connectivity index (χ0n) is 6.02. The van der Waals surface area contributed by atoms with E-state index in [9.17, 15) is 9.70 Å². The van der Waals surface area contributed by atoms with Gasteiger partial charge in [0.15, 0.2) is 0 Å². The van der Waals surface area contributed by atoms with Crippen LogP contribution < -0.4 is 5.73 Å². The van der Waals surface area contributed by atoms with Gasteiger partial charge in [-0.1, -0.05) is 0 Å². The molecule has 0 aliphatic rings. The standard InChI is InChI=1S/C7H6N2O3/c8-6-3-4(9-12)1-2-5(6)7(10)11/h1-3H,8H2,(H,10,11). The first-order chi connectivity index (χ1) is 5.65. The van der Waals surface area contributed by atoms with Crippen molar-refractivity contribution in [2.24, 2.45) is 5.18 Å². The molecule has 0 aliphatic heterocycles. The zero-order valence-corrected chi connectivity index (χ0v) is 6.02. The number of nitrogens with zero attached hydrogens (tertiary/aromatic N) is 1. The summed E-state index contributed by atoms with van der Waals surface area (Å²) in [5.74, 6) is -1.12. The minimum atomic E-state index is -1.12. The zero-order chi connectivity index (χ0) is 9.14. The van der Waals surface area contributed by atoms with Gasteiger partial charge in [-0.2, -0.15) is 0 Å².